The number of thiazole rings is 1. The van der Waals surface area contributed by atoms with Gasteiger partial charge in [-0.2, -0.15) is 0 Å². The second-order valence-electron chi connectivity index (χ2n) is 7.85. The van der Waals surface area contributed by atoms with Gasteiger partial charge in [-0.3, -0.25) is 19.1 Å². The van der Waals surface area contributed by atoms with Gasteiger partial charge in [0.1, 0.15) is 6.04 Å². The van der Waals surface area contributed by atoms with Gasteiger partial charge in [0.15, 0.2) is 10.9 Å². The van der Waals surface area contributed by atoms with E-state index in [1.807, 2.05) is 54.3 Å². The lowest BCUT2D eigenvalue weighted by Crippen LogP contribution is -2.36. The summed E-state index contributed by atoms with van der Waals surface area (Å²) in [7, 11) is 0. The second kappa shape index (κ2) is 7.76. The van der Waals surface area contributed by atoms with Gasteiger partial charge in [-0.15, -0.1) is 11.3 Å². The Morgan fingerprint density at radius 3 is 2.81 bits per heavy atom. The van der Waals surface area contributed by atoms with E-state index in [1.54, 1.807) is 12.3 Å². The van der Waals surface area contributed by atoms with Gasteiger partial charge >= 0.3 is 6.03 Å². The number of fused-ring (bicyclic) bond motifs is 1. The summed E-state index contributed by atoms with van der Waals surface area (Å²) in [5.74, 6) is -0.667. The maximum Gasteiger partial charge on any atom is 0.325 e. The number of imide groups is 1. The highest BCUT2D eigenvalue weighted by molar-refractivity contribution is 7.12. The molecule has 1 aliphatic rings. The van der Waals surface area contributed by atoms with Crippen molar-refractivity contribution in [2.45, 2.75) is 26.3 Å². The molecule has 162 valence electrons. The summed E-state index contributed by atoms with van der Waals surface area (Å²) < 4.78 is 1.91. The van der Waals surface area contributed by atoms with Crippen LogP contribution in [0.25, 0.3) is 16.0 Å². The average molecular weight is 448 g/mol. The number of amides is 3. The van der Waals surface area contributed by atoms with Crippen LogP contribution >= 0.6 is 11.3 Å². The fourth-order valence-corrected chi connectivity index (χ4v) is 5.03. The Balaban J connectivity index is 1.34. The Morgan fingerprint density at radius 2 is 2.03 bits per heavy atom. The Hall–Kier alpha value is -3.72. The van der Waals surface area contributed by atoms with E-state index < -0.39 is 12.1 Å². The summed E-state index contributed by atoms with van der Waals surface area (Å²) in [5.41, 5.74) is 4.01. The lowest BCUT2D eigenvalue weighted by Gasteiger charge is -2.12. The number of hydrogen-bond donors (Lipinski definition) is 2. The summed E-state index contributed by atoms with van der Waals surface area (Å²) in [5, 5.41) is 6.38. The molecule has 1 aromatic carbocycles. The fraction of sp³-hybridized carbons (Fsp3) is 0.217. The quantitative estimate of drug-likeness (QED) is 0.350. The Morgan fingerprint density at radius 1 is 1.22 bits per heavy atom. The minimum atomic E-state index is -0.697. The van der Waals surface area contributed by atoms with Crippen LogP contribution in [0, 0.1) is 13.8 Å². The molecular formula is C23H21N5O3S. The molecule has 0 radical (unpaired) electrons. The molecule has 9 heteroatoms. The zero-order valence-electron chi connectivity index (χ0n) is 17.6. The van der Waals surface area contributed by atoms with Crippen molar-refractivity contribution in [3.63, 3.8) is 0 Å². The number of carbonyl (C=O) groups is 3. The molecule has 1 saturated heterocycles. The molecule has 4 heterocycles. The molecule has 1 aliphatic heterocycles. The molecule has 0 aliphatic carbocycles. The first-order chi connectivity index (χ1) is 15.4. The molecule has 8 nitrogen and oxygen atoms in total. The number of H-pyrrole nitrogens is 1. The van der Waals surface area contributed by atoms with Crippen molar-refractivity contribution < 1.29 is 14.4 Å². The van der Waals surface area contributed by atoms with Crippen molar-refractivity contribution in [1.82, 2.24) is 24.8 Å². The van der Waals surface area contributed by atoms with Crippen LogP contribution in [0.15, 0.2) is 48.1 Å². The molecule has 3 aromatic heterocycles. The zero-order valence-corrected chi connectivity index (χ0v) is 18.4. The van der Waals surface area contributed by atoms with Crippen LogP contribution in [0.5, 0.6) is 0 Å². The maximum atomic E-state index is 13.0. The molecule has 32 heavy (non-hydrogen) atoms. The first kappa shape index (κ1) is 20.2. The molecule has 4 aromatic rings. The standard InChI is InChI=1S/C23H21N5O3S/c1-13-9-17(14(2)28(13)23-24-7-8-32-23)20(29)12-27-21(30)19(26-22(27)31)10-15-11-25-18-6-4-3-5-16(15)18/h3-9,11,19,25H,10,12H2,1-2H3,(H,26,31). The lowest BCUT2D eigenvalue weighted by atomic mass is 10.0. The third-order valence-corrected chi connectivity index (χ3v) is 6.61. The largest absolute Gasteiger partial charge is 0.361 e. The summed E-state index contributed by atoms with van der Waals surface area (Å²) in [6.07, 6.45) is 3.92. The van der Waals surface area contributed by atoms with Crippen molar-refractivity contribution in [2.24, 2.45) is 0 Å². The third-order valence-electron chi connectivity index (χ3n) is 5.85. The van der Waals surface area contributed by atoms with Gasteiger partial charge in [-0.05, 0) is 31.5 Å². The predicted molar refractivity (Wildman–Crippen MR) is 121 cm³/mol. The number of aromatic amines is 1. The Labute approximate surface area is 187 Å². The number of ketones is 1. The molecule has 5 rings (SSSR count). The number of aromatic nitrogens is 3. The van der Waals surface area contributed by atoms with Crippen LogP contribution in [0.4, 0.5) is 4.79 Å². The highest BCUT2D eigenvalue weighted by atomic mass is 32.1. The Kier molecular flexibility index (Phi) is 4.90. The zero-order chi connectivity index (χ0) is 22.4. The first-order valence-electron chi connectivity index (χ1n) is 10.2. The molecule has 0 saturated carbocycles. The van der Waals surface area contributed by atoms with Crippen LogP contribution in [-0.4, -0.2) is 49.7 Å². The van der Waals surface area contributed by atoms with Gasteiger partial charge in [-0.25, -0.2) is 9.78 Å². The van der Waals surface area contributed by atoms with Crippen molar-refractivity contribution in [3.8, 4) is 5.13 Å². The number of para-hydroxylation sites is 1. The van der Waals surface area contributed by atoms with Crippen molar-refractivity contribution in [2.75, 3.05) is 6.54 Å². The van der Waals surface area contributed by atoms with E-state index in [9.17, 15) is 14.4 Å². The van der Waals surface area contributed by atoms with E-state index in [4.69, 9.17) is 0 Å². The number of rotatable bonds is 6. The predicted octanol–water partition coefficient (Wildman–Crippen LogP) is 3.38. The summed E-state index contributed by atoms with van der Waals surface area (Å²) in [6, 6.07) is 8.34. The highest BCUT2D eigenvalue weighted by Gasteiger charge is 2.39. The van der Waals surface area contributed by atoms with E-state index >= 15 is 0 Å². The number of urea groups is 1. The van der Waals surface area contributed by atoms with Gasteiger partial charge in [-0.1, -0.05) is 18.2 Å². The van der Waals surface area contributed by atoms with Gasteiger partial charge in [0.2, 0.25) is 0 Å². The molecule has 1 atom stereocenters. The van der Waals surface area contributed by atoms with E-state index in [-0.39, 0.29) is 18.2 Å². The molecule has 0 spiro atoms. The lowest BCUT2D eigenvalue weighted by molar-refractivity contribution is -0.127. The molecule has 2 N–H and O–H groups in total. The van der Waals surface area contributed by atoms with Gasteiger partial charge in [0.25, 0.3) is 5.91 Å². The van der Waals surface area contributed by atoms with Gasteiger partial charge in [0, 0.05) is 52.0 Å². The van der Waals surface area contributed by atoms with E-state index in [2.05, 4.69) is 15.3 Å². The molecule has 0 bridgehead atoms. The van der Waals surface area contributed by atoms with Crippen LogP contribution in [0.1, 0.15) is 27.3 Å². The fourth-order valence-electron chi connectivity index (χ4n) is 4.28. The molecule has 1 fully saturated rings. The van der Waals surface area contributed by atoms with Gasteiger partial charge in [0.05, 0.1) is 6.54 Å². The monoisotopic (exact) mass is 447 g/mol. The topological polar surface area (TPSA) is 100 Å². The van der Waals surface area contributed by atoms with Crippen molar-refractivity contribution in [1.29, 1.82) is 0 Å². The highest BCUT2D eigenvalue weighted by Crippen LogP contribution is 2.24. The van der Waals surface area contributed by atoms with Crippen LogP contribution in [-0.2, 0) is 11.2 Å². The molecule has 1 unspecified atom stereocenters. The molecule has 3 amide bonds. The number of hydrogen-bond acceptors (Lipinski definition) is 5. The number of nitrogens with one attached hydrogen (secondary N) is 2. The van der Waals surface area contributed by atoms with E-state index in [0.717, 1.165) is 37.9 Å². The van der Waals surface area contributed by atoms with Crippen LogP contribution in [0.3, 0.4) is 0 Å². The van der Waals surface area contributed by atoms with E-state index in [1.165, 1.54) is 11.3 Å². The summed E-state index contributed by atoms with van der Waals surface area (Å²) in [4.78, 5) is 47.0. The number of carbonyl (C=O) groups excluding carboxylic acids is 3. The smallest absolute Gasteiger partial charge is 0.325 e. The third kappa shape index (κ3) is 3.31. The van der Waals surface area contributed by atoms with Gasteiger partial charge < -0.3 is 10.3 Å². The summed E-state index contributed by atoms with van der Waals surface area (Å²) in [6.45, 7) is 3.45. The van der Waals surface area contributed by atoms with Crippen LogP contribution in [0.2, 0.25) is 0 Å². The maximum absolute atomic E-state index is 13.0. The van der Waals surface area contributed by atoms with E-state index in [0.29, 0.717) is 12.0 Å². The SMILES string of the molecule is Cc1cc(C(=O)CN2C(=O)NC(Cc3c[nH]c4ccccc34)C2=O)c(C)n1-c1nccs1. The number of aryl methyl sites for hydroxylation is 1. The summed E-state index contributed by atoms with van der Waals surface area (Å²) >= 11 is 1.48. The minimum absolute atomic E-state index is 0.280. The average Bonchev–Trinajstić information content (AvgIpc) is 3.54. The Bertz CT molecular complexity index is 1350. The number of nitrogens with zero attached hydrogens (tertiary/aromatic N) is 3. The van der Waals surface area contributed by atoms with Crippen molar-refractivity contribution in [3.05, 3.63) is 70.6 Å². The van der Waals surface area contributed by atoms with Crippen LogP contribution < -0.4 is 5.32 Å². The second-order valence-corrected chi connectivity index (χ2v) is 8.72. The molecular weight excluding hydrogens is 426 g/mol. The van der Waals surface area contributed by atoms with Crippen molar-refractivity contribution >= 4 is 40.0 Å². The first-order valence-corrected chi connectivity index (χ1v) is 11.1. The normalized spacial score (nSPS) is 16.2. The number of Topliss-reactive ketones (excluding diaryl/α,β-unsaturated/α-hetero) is 1. The number of benzene rings is 1. The minimum Gasteiger partial charge on any atom is -0.361 e.